The van der Waals surface area contributed by atoms with E-state index in [1.807, 2.05) is 54.6 Å². The number of nitrogens with two attached hydrogens (primary N) is 1. The first-order valence-electron chi connectivity index (χ1n) is 7.37. The molecule has 0 spiro atoms. The minimum Gasteiger partial charge on any atom is -0.497 e. The Hall–Kier alpha value is -2.04. The number of amides is 1. The highest BCUT2D eigenvalue weighted by molar-refractivity contribution is 5.85. The van der Waals surface area contributed by atoms with E-state index < -0.39 is 0 Å². The van der Waals surface area contributed by atoms with Gasteiger partial charge in [0.25, 0.3) is 0 Å². The van der Waals surface area contributed by atoms with Crippen molar-refractivity contribution in [3.63, 3.8) is 0 Å². The lowest BCUT2D eigenvalue weighted by atomic mass is 10.1. The van der Waals surface area contributed by atoms with E-state index in [1.165, 1.54) is 0 Å². The summed E-state index contributed by atoms with van der Waals surface area (Å²) in [5.41, 5.74) is 7.70. The van der Waals surface area contributed by atoms with Crippen LogP contribution in [-0.4, -0.2) is 31.0 Å². The van der Waals surface area contributed by atoms with E-state index in [0.717, 1.165) is 16.9 Å². The van der Waals surface area contributed by atoms with Crippen LogP contribution in [0.3, 0.4) is 0 Å². The molecule has 0 aliphatic carbocycles. The molecule has 0 aliphatic heterocycles. The summed E-state index contributed by atoms with van der Waals surface area (Å²) in [5, 5.41) is 0. The van der Waals surface area contributed by atoms with Gasteiger partial charge in [-0.25, -0.2) is 0 Å². The van der Waals surface area contributed by atoms with Crippen LogP contribution >= 0.6 is 12.4 Å². The fourth-order valence-electron chi connectivity index (χ4n) is 2.32. The van der Waals surface area contributed by atoms with Gasteiger partial charge in [0.05, 0.1) is 13.5 Å². The summed E-state index contributed by atoms with van der Waals surface area (Å²) in [6.45, 7) is 1.59. The van der Waals surface area contributed by atoms with Crippen molar-refractivity contribution >= 4 is 18.3 Å². The molecule has 0 saturated carbocycles. The first-order chi connectivity index (χ1) is 10.7. The second kappa shape index (κ2) is 9.87. The van der Waals surface area contributed by atoms with E-state index in [9.17, 15) is 4.79 Å². The van der Waals surface area contributed by atoms with Crippen molar-refractivity contribution in [2.45, 2.75) is 13.0 Å². The highest BCUT2D eigenvalue weighted by Gasteiger charge is 2.14. The molecule has 23 heavy (non-hydrogen) atoms. The summed E-state index contributed by atoms with van der Waals surface area (Å²) >= 11 is 0. The Morgan fingerprint density at radius 2 is 1.78 bits per heavy atom. The molecule has 1 amide bonds. The topological polar surface area (TPSA) is 55.6 Å². The summed E-state index contributed by atoms with van der Waals surface area (Å²) in [4.78, 5) is 14.3. The first kappa shape index (κ1) is 19.0. The van der Waals surface area contributed by atoms with Gasteiger partial charge in [0.1, 0.15) is 5.75 Å². The third-order valence-electron chi connectivity index (χ3n) is 3.46. The minimum absolute atomic E-state index is 0. The monoisotopic (exact) mass is 334 g/mol. The average molecular weight is 335 g/mol. The largest absolute Gasteiger partial charge is 0.497 e. The molecular formula is C18H23ClN2O2. The van der Waals surface area contributed by atoms with Gasteiger partial charge in [0.2, 0.25) is 5.91 Å². The van der Waals surface area contributed by atoms with Crippen LogP contribution < -0.4 is 10.5 Å². The lowest BCUT2D eigenvalue weighted by Crippen LogP contribution is -2.35. The molecule has 2 N–H and O–H groups in total. The van der Waals surface area contributed by atoms with Crippen molar-refractivity contribution in [3.05, 3.63) is 65.7 Å². The van der Waals surface area contributed by atoms with Crippen molar-refractivity contribution in [2.75, 3.05) is 20.2 Å². The molecule has 0 atom stereocenters. The first-order valence-corrected chi connectivity index (χ1v) is 7.37. The van der Waals surface area contributed by atoms with Crippen molar-refractivity contribution in [2.24, 2.45) is 5.73 Å². The van der Waals surface area contributed by atoms with E-state index in [4.69, 9.17) is 10.5 Å². The van der Waals surface area contributed by atoms with E-state index in [1.54, 1.807) is 12.0 Å². The quantitative estimate of drug-likeness (QED) is 0.847. The van der Waals surface area contributed by atoms with Gasteiger partial charge in [-0.05, 0) is 23.3 Å². The van der Waals surface area contributed by atoms with Crippen LogP contribution in [0.25, 0.3) is 0 Å². The number of halogens is 1. The van der Waals surface area contributed by atoms with E-state index in [2.05, 4.69) is 0 Å². The number of rotatable bonds is 7. The number of benzene rings is 2. The predicted molar refractivity (Wildman–Crippen MR) is 94.9 cm³/mol. The molecule has 0 aromatic heterocycles. The number of carbonyl (C=O) groups is 1. The van der Waals surface area contributed by atoms with E-state index in [-0.39, 0.29) is 18.3 Å². The minimum atomic E-state index is 0. The fraction of sp³-hybridized carbons (Fsp3) is 0.278. The molecule has 0 fully saturated rings. The average Bonchev–Trinajstić information content (AvgIpc) is 2.55. The summed E-state index contributed by atoms with van der Waals surface area (Å²) in [7, 11) is 1.62. The Bertz CT molecular complexity index is 605. The predicted octanol–water partition coefficient (Wildman–Crippen LogP) is 2.65. The number of ether oxygens (including phenoxy) is 1. The Labute approximate surface area is 143 Å². The van der Waals surface area contributed by atoms with Crippen molar-refractivity contribution in [1.29, 1.82) is 0 Å². The highest BCUT2D eigenvalue weighted by atomic mass is 35.5. The zero-order valence-electron chi connectivity index (χ0n) is 13.3. The second-order valence-electron chi connectivity index (χ2n) is 5.12. The van der Waals surface area contributed by atoms with Gasteiger partial charge in [0, 0.05) is 19.6 Å². The molecule has 0 heterocycles. The molecule has 4 nitrogen and oxygen atoms in total. The van der Waals surface area contributed by atoms with Crippen molar-refractivity contribution in [3.8, 4) is 5.75 Å². The Morgan fingerprint density at radius 1 is 1.09 bits per heavy atom. The van der Waals surface area contributed by atoms with Crippen molar-refractivity contribution in [1.82, 2.24) is 4.90 Å². The van der Waals surface area contributed by atoms with Crippen LogP contribution in [0.15, 0.2) is 54.6 Å². The summed E-state index contributed by atoms with van der Waals surface area (Å²) in [5.74, 6) is 0.835. The number of hydrogen-bond donors (Lipinski definition) is 1. The molecule has 0 aliphatic rings. The molecule has 0 saturated heterocycles. The molecule has 2 aromatic rings. The third-order valence-corrected chi connectivity index (χ3v) is 3.46. The molecule has 0 unspecified atom stereocenters. The lowest BCUT2D eigenvalue weighted by Gasteiger charge is -2.22. The lowest BCUT2D eigenvalue weighted by molar-refractivity contribution is -0.131. The van der Waals surface area contributed by atoms with Gasteiger partial charge < -0.3 is 15.4 Å². The zero-order valence-corrected chi connectivity index (χ0v) is 14.1. The van der Waals surface area contributed by atoms with E-state index in [0.29, 0.717) is 26.1 Å². The van der Waals surface area contributed by atoms with E-state index >= 15 is 0 Å². The number of carbonyl (C=O) groups excluding carboxylic acids is 1. The standard InChI is InChI=1S/C18H22N2O2.ClH/c1-22-17-9-5-8-16(12-17)13-18(21)20(11-10-19)14-15-6-3-2-4-7-15;/h2-9,12H,10-11,13-14,19H2,1H3;1H. The summed E-state index contributed by atoms with van der Waals surface area (Å²) in [6.07, 6.45) is 0.351. The van der Waals surface area contributed by atoms with Gasteiger partial charge in [-0.15, -0.1) is 12.4 Å². The fourth-order valence-corrected chi connectivity index (χ4v) is 2.32. The SMILES string of the molecule is COc1cccc(CC(=O)N(CCN)Cc2ccccc2)c1.Cl. The second-order valence-corrected chi connectivity index (χ2v) is 5.12. The van der Waals surface area contributed by atoms with Gasteiger partial charge in [0.15, 0.2) is 0 Å². The smallest absolute Gasteiger partial charge is 0.227 e. The maximum absolute atomic E-state index is 12.5. The third kappa shape index (κ3) is 5.93. The summed E-state index contributed by atoms with van der Waals surface area (Å²) in [6, 6.07) is 17.5. The normalized spacial score (nSPS) is 9.83. The van der Waals surface area contributed by atoms with Gasteiger partial charge in [-0.2, -0.15) is 0 Å². The molecule has 0 radical (unpaired) electrons. The molecule has 124 valence electrons. The number of hydrogen-bond acceptors (Lipinski definition) is 3. The van der Waals surface area contributed by atoms with Gasteiger partial charge >= 0.3 is 0 Å². The maximum atomic E-state index is 12.5. The molecule has 5 heteroatoms. The van der Waals surface area contributed by atoms with Gasteiger partial charge in [-0.3, -0.25) is 4.79 Å². The Kier molecular flexibility index (Phi) is 8.16. The number of methoxy groups -OCH3 is 1. The Balaban J connectivity index is 0.00000264. The molecule has 0 bridgehead atoms. The molecule has 2 rings (SSSR count). The molecule has 2 aromatic carbocycles. The number of nitrogens with zero attached hydrogens (tertiary/aromatic N) is 1. The van der Waals surface area contributed by atoms with Crippen LogP contribution in [0, 0.1) is 0 Å². The van der Waals surface area contributed by atoms with Crippen LogP contribution in [0.1, 0.15) is 11.1 Å². The zero-order chi connectivity index (χ0) is 15.8. The van der Waals surface area contributed by atoms with Crippen LogP contribution in [0.2, 0.25) is 0 Å². The van der Waals surface area contributed by atoms with Crippen LogP contribution in [0.4, 0.5) is 0 Å². The molecular weight excluding hydrogens is 312 g/mol. The Morgan fingerprint density at radius 3 is 2.43 bits per heavy atom. The maximum Gasteiger partial charge on any atom is 0.227 e. The van der Waals surface area contributed by atoms with Crippen LogP contribution in [-0.2, 0) is 17.8 Å². The highest BCUT2D eigenvalue weighted by Crippen LogP contribution is 2.14. The van der Waals surface area contributed by atoms with Crippen molar-refractivity contribution < 1.29 is 9.53 Å². The summed E-state index contributed by atoms with van der Waals surface area (Å²) < 4.78 is 5.20. The van der Waals surface area contributed by atoms with Gasteiger partial charge in [-0.1, -0.05) is 42.5 Å². The van der Waals surface area contributed by atoms with Crippen LogP contribution in [0.5, 0.6) is 5.75 Å².